The maximum atomic E-state index is 14.0. The molecule has 1 fully saturated rings. The summed E-state index contributed by atoms with van der Waals surface area (Å²) in [7, 11) is -3.84. The highest BCUT2D eigenvalue weighted by atomic mass is 35.5. The number of halogens is 3. The normalized spacial score (nSPS) is 18.3. The van der Waals surface area contributed by atoms with Crippen molar-refractivity contribution in [2.24, 2.45) is 5.92 Å². The average Bonchev–Trinajstić information content (AvgIpc) is 2.66. The summed E-state index contributed by atoms with van der Waals surface area (Å²) < 4.78 is 53.6. The summed E-state index contributed by atoms with van der Waals surface area (Å²) in [6, 6.07) is 8.78. The topological polar surface area (TPSA) is 66.5 Å². The lowest BCUT2D eigenvalue weighted by molar-refractivity contribution is -0.120. The van der Waals surface area contributed by atoms with Crippen molar-refractivity contribution < 1.29 is 22.0 Å². The smallest absolute Gasteiger partial charge is 0.243 e. The van der Waals surface area contributed by atoms with E-state index in [-0.39, 0.29) is 28.7 Å². The molecule has 0 spiro atoms. The van der Waals surface area contributed by atoms with Crippen LogP contribution in [-0.2, 0) is 14.8 Å². The molecular weight excluding hydrogens is 398 g/mol. The number of carbonyl (C=O) groups is 1. The van der Waals surface area contributed by atoms with E-state index in [4.69, 9.17) is 11.6 Å². The first-order chi connectivity index (χ1) is 12.8. The summed E-state index contributed by atoms with van der Waals surface area (Å²) in [6.45, 7) is 0.225. The standard InChI is InChI=1S/C18H17ClF2N2O3S/c19-15-4-1-5-16(17(15)21)22-18(24)12-3-2-10-23(11-12)27(25,26)14-8-6-13(20)7-9-14/h1,4-9,12H,2-3,10-11H2,(H,22,24)/t12-/m0/s1. The fraction of sp³-hybridized carbons (Fsp3) is 0.278. The van der Waals surface area contributed by atoms with Crippen LogP contribution in [-0.4, -0.2) is 31.7 Å². The Bertz CT molecular complexity index is 952. The first-order valence-electron chi connectivity index (χ1n) is 8.29. The zero-order chi connectivity index (χ0) is 19.6. The lowest BCUT2D eigenvalue weighted by Crippen LogP contribution is -2.43. The van der Waals surface area contributed by atoms with Gasteiger partial charge in [-0.25, -0.2) is 17.2 Å². The number of hydrogen-bond donors (Lipinski definition) is 1. The molecule has 0 aromatic heterocycles. The lowest BCUT2D eigenvalue weighted by Gasteiger charge is -2.31. The van der Waals surface area contributed by atoms with Crippen LogP contribution in [0, 0.1) is 17.6 Å². The van der Waals surface area contributed by atoms with Gasteiger partial charge in [-0.1, -0.05) is 17.7 Å². The van der Waals surface area contributed by atoms with E-state index in [1.165, 1.54) is 34.6 Å². The number of nitrogens with zero attached hydrogens (tertiary/aromatic N) is 1. The van der Waals surface area contributed by atoms with Crippen molar-refractivity contribution in [3.8, 4) is 0 Å². The number of rotatable bonds is 4. The second-order valence-corrected chi connectivity index (χ2v) is 8.59. The van der Waals surface area contributed by atoms with E-state index < -0.39 is 33.5 Å². The predicted molar refractivity (Wildman–Crippen MR) is 97.9 cm³/mol. The number of nitrogens with one attached hydrogen (secondary N) is 1. The molecule has 1 amide bonds. The van der Waals surface area contributed by atoms with E-state index >= 15 is 0 Å². The number of piperidine rings is 1. The molecule has 0 unspecified atom stereocenters. The summed E-state index contributed by atoms with van der Waals surface area (Å²) in [5.74, 6) is -2.38. The molecule has 3 rings (SSSR count). The Hall–Kier alpha value is -2.03. The second-order valence-electron chi connectivity index (χ2n) is 6.25. The molecule has 1 atom stereocenters. The largest absolute Gasteiger partial charge is 0.323 e. The zero-order valence-corrected chi connectivity index (χ0v) is 15.7. The van der Waals surface area contributed by atoms with Crippen molar-refractivity contribution in [3.05, 3.63) is 59.1 Å². The molecule has 1 aliphatic heterocycles. The van der Waals surface area contributed by atoms with Gasteiger partial charge in [0.1, 0.15) is 5.82 Å². The molecular formula is C18H17ClF2N2O3S. The van der Waals surface area contributed by atoms with Gasteiger partial charge in [0, 0.05) is 13.1 Å². The van der Waals surface area contributed by atoms with Crippen LogP contribution in [0.4, 0.5) is 14.5 Å². The van der Waals surface area contributed by atoms with Gasteiger partial charge >= 0.3 is 0 Å². The van der Waals surface area contributed by atoms with E-state index in [2.05, 4.69) is 5.32 Å². The summed E-state index contributed by atoms with van der Waals surface area (Å²) in [5.41, 5.74) is -0.0500. The first kappa shape index (κ1) is 19.7. The third-order valence-electron chi connectivity index (χ3n) is 4.42. The monoisotopic (exact) mass is 414 g/mol. The van der Waals surface area contributed by atoms with Crippen molar-refractivity contribution in [1.29, 1.82) is 0 Å². The molecule has 0 aliphatic carbocycles. The van der Waals surface area contributed by atoms with Crippen LogP contribution in [0.1, 0.15) is 12.8 Å². The molecule has 1 N–H and O–H groups in total. The highest BCUT2D eigenvalue weighted by Crippen LogP contribution is 2.27. The molecule has 1 saturated heterocycles. The van der Waals surface area contributed by atoms with Gasteiger partial charge in [0.05, 0.1) is 21.5 Å². The Morgan fingerprint density at radius 2 is 1.85 bits per heavy atom. The van der Waals surface area contributed by atoms with E-state index in [1.54, 1.807) is 0 Å². The SMILES string of the molecule is O=C(Nc1cccc(Cl)c1F)[C@H]1CCCN(S(=O)(=O)c2ccc(F)cc2)C1. The highest BCUT2D eigenvalue weighted by molar-refractivity contribution is 7.89. The number of sulfonamides is 1. The van der Waals surface area contributed by atoms with E-state index in [9.17, 15) is 22.0 Å². The summed E-state index contributed by atoms with van der Waals surface area (Å²) in [5, 5.41) is 2.36. The Morgan fingerprint density at radius 1 is 1.15 bits per heavy atom. The van der Waals surface area contributed by atoms with Gasteiger partial charge in [0.2, 0.25) is 15.9 Å². The minimum atomic E-state index is -3.84. The molecule has 0 bridgehead atoms. The summed E-state index contributed by atoms with van der Waals surface area (Å²) >= 11 is 5.70. The Balaban J connectivity index is 1.74. The molecule has 9 heteroatoms. The number of carbonyl (C=O) groups excluding carboxylic acids is 1. The highest BCUT2D eigenvalue weighted by Gasteiger charge is 2.33. The third kappa shape index (κ3) is 4.28. The van der Waals surface area contributed by atoms with Crippen LogP contribution < -0.4 is 5.32 Å². The maximum absolute atomic E-state index is 14.0. The molecule has 144 valence electrons. The van der Waals surface area contributed by atoms with Gasteiger partial charge in [0.15, 0.2) is 5.82 Å². The van der Waals surface area contributed by atoms with Gasteiger partial charge < -0.3 is 5.32 Å². The van der Waals surface area contributed by atoms with Crippen LogP contribution in [0.15, 0.2) is 47.4 Å². The summed E-state index contributed by atoms with van der Waals surface area (Å²) in [4.78, 5) is 12.5. The number of amides is 1. The molecule has 27 heavy (non-hydrogen) atoms. The van der Waals surface area contributed by atoms with Gasteiger partial charge in [-0.15, -0.1) is 0 Å². The minimum Gasteiger partial charge on any atom is -0.323 e. The zero-order valence-electron chi connectivity index (χ0n) is 14.2. The minimum absolute atomic E-state index is 0.0340. The molecule has 0 radical (unpaired) electrons. The Labute approximate surface area is 161 Å². The van der Waals surface area contributed by atoms with Crippen molar-refractivity contribution in [1.82, 2.24) is 4.31 Å². The summed E-state index contributed by atoms with van der Waals surface area (Å²) in [6.07, 6.45) is 0.958. The molecule has 1 aliphatic rings. The Morgan fingerprint density at radius 3 is 2.56 bits per heavy atom. The molecule has 5 nitrogen and oxygen atoms in total. The molecule has 2 aromatic carbocycles. The van der Waals surface area contributed by atoms with Crippen molar-refractivity contribution in [2.45, 2.75) is 17.7 Å². The average molecular weight is 415 g/mol. The van der Waals surface area contributed by atoms with Gasteiger partial charge in [-0.05, 0) is 49.2 Å². The number of anilines is 1. The van der Waals surface area contributed by atoms with Gasteiger partial charge in [-0.2, -0.15) is 4.31 Å². The fourth-order valence-corrected chi connectivity index (χ4v) is 4.66. The second kappa shape index (κ2) is 7.92. The van der Waals surface area contributed by atoms with Crippen LogP contribution in [0.5, 0.6) is 0 Å². The third-order valence-corrected chi connectivity index (χ3v) is 6.59. The van der Waals surface area contributed by atoms with Gasteiger partial charge in [-0.3, -0.25) is 4.79 Å². The molecule has 1 heterocycles. The Kier molecular flexibility index (Phi) is 5.78. The predicted octanol–water partition coefficient (Wildman–Crippen LogP) is 3.66. The molecule has 0 saturated carbocycles. The lowest BCUT2D eigenvalue weighted by atomic mass is 9.98. The van der Waals surface area contributed by atoms with E-state index in [0.29, 0.717) is 12.8 Å². The maximum Gasteiger partial charge on any atom is 0.243 e. The number of hydrogen-bond acceptors (Lipinski definition) is 3. The van der Waals surface area contributed by atoms with E-state index in [1.807, 2.05) is 0 Å². The van der Waals surface area contributed by atoms with Crippen molar-refractivity contribution >= 4 is 33.2 Å². The number of benzene rings is 2. The van der Waals surface area contributed by atoms with Crippen LogP contribution in [0.2, 0.25) is 5.02 Å². The van der Waals surface area contributed by atoms with Gasteiger partial charge in [0.25, 0.3) is 0 Å². The first-order valence-corrected chi connectivity index (χ1v) is 10.1. The fourth-order valence-electron chi connectivity index (χ4n) is 2.97. The van der Waals surface area contributed by atoms with Crippen LogP contribution in [0.25, 0.3) is 0 Å². The van der Waals surface area contributed by atoms with Crippen molar-refractivity contribution in [2.75, 3.05) is 18.4 Å². The molecule has 2 aromatic rings. The van der Waals surface area contributed by atoms with Crippen LogP contribution in [0.3, 0.4) is 0 Å². The van der Waals surface area contributed by atoms with Crippen molar-refractivity contribution in [3.63, 3.8) is 0 Å². The van der Waals surface area contributed by atoms with E-state index in [0.717, 1.165) is 12.1 Å². The quantitative estimate of drug-likeness (QED) is 0.830. The van der Waals surface area contributed by atoms with Crippen LogP contribution >= 0.6 is 11.6 Å².